The number of nitrogens with zero attached hydrogens (tertiary/aromatic N) is 3. The van der Waals surface area contributed by atoms with Crippen LogP contribution < -0.4 is 4.90 Å². The summed E-state index contributed by atoms with van der Waals surface area (Å²) in [5, 5.41) is 3.06. The molecule has 2 aromatic carbocycles. The van der Waals surface area contributed by atoms with Gasteiger partial charge in [0.2, 0.25) is 10.0 Å². The fourth-order valence-corrected chi connectivity index (χ4v) is 5.87. The molecule has 1 aliphatic rings. The van der Waals surface area contributed by atoms with E-state index in [2.05, 4.69) is 4.98 Å². The Morgan fingerprint density at radius 2 is 1.70 bits per heavy atom. The molecule has 0 saturated carbocycles. The average Bonchev–Trinajstić information content (AvgIpc) is 3.16. The summed E-state index contributed by atoms with van der Waals surface area (Å²) in [6.45, 7) is 1.63. The Labute approximate surface area is 182 Å². The van der Waals surface area contributed by atoms with E-state index in [9.17, 15) is 17.2 Å². The van der Waals surface area contributed by atoms with Crippen LogP contribution in [0, 0.1) is 11.6 Å². The molecule has 0 N–H and O–H groups in total. The maximum absolute atomic E-state index is 13.5. The van der Waals surface area contributed by atoms with Gasteiger partial charge in [-0.25, -0.2) is 22.2 Å². The molecule has 2 heterocycles. The second kappa shape index (κ2) is 8.58. The minimum atomic E-state index is -3.65. The van der Waals surface area contributed by atoms with Gasteiger partial charge in [-0.2, -0.15) is 4.31 Å². The van der Waals surface area contributed by atoms with Gasteiger partial charge >= 0.3 is 0 Å². The summed E-state index contributed by atoms with van der Waals surface area (Å²) in [5.74, 6) is -0.856. The predicted octanol–water partition coefficient (Wildman–Crippen LogP) is 4.18. The molecular weight excluding hydrogens is 452 g/mol. The lowest BCUT2D eigenvalue weighted by Crippen LogP contribution is -2.48. The zero-order chi connectivity index (χ0) is 21.3. The van der Waals surface area contributed by atoms with E-state index < -0.39 is 15.8 Å². The smallest absolute Gasteiger partial charge is 0.243 e. The second-order valence-corrected chi connectivity index (χ2v) is 10.1. The molecule has 1 saturated heterocycles. The van der Waals surface area contributed by atoms with Gasteiger partial charge in [0.05, 0.1) is 10.6 Å². The number of rotatable bonds is 5. The van der Waals surface area contributed by atoms with E-state index in [1.54, 1.807) is 6.07 Å². The SMILES string of the molecule is O=S(=O)(c1ccc(F)cc1)N1CCN(c2nc(Cc3cc(F)cc(Cl)c3)cs2)CC1. The minimum absolute atomic E-state index is 0.0858. The molecule has 158 valence electrons. The molecule has 0 spiro atoms. The first-order valence-electron chi connectivity index (χ1n) is 9.21. The van der Waals surface area contributed by atoms with Gasteiger partial charge in [0.25, 0.3) is 0 Å². The zero-order valence-electron chi connectivity index (χ0n) is 15.8. The first-order chi connectivity index (χ1) is 14.3. The third-order valence-corrected chi connectivity index (χ3v) is 7.89. The molecule has 5 nitrogen and oxygen atoms in total. The van der Waals surface area contributed by atoms with Gasteiger partial charge in [-0.3, -0.25) is 0 Å². The first-order valence-corrected chi connectivity index (χ1v) is 11.9. The number of thiazole rings is 1. The van der Waals surface area contributed by atoms with Gasteiger partial charge in [0, 0.05) is 43.0 Å². The van der Waals surface area contributed by atoms with Gasteiger partial charge in [-0.05, 0) is 48.0 Å². The van der Waals surface area contributed by atoms with E-state index in [0.29, 0.717) is 37.6 Å². The summed E-state index contributed by atoms with van der Waals surface area (Å²) in [7, 11) is -3.65. The Bertz CT molecular complexity index is 1120. The summed E-state index contributed by atoms with van der Waals surface area (Å²) < 4.78 is 53.5. The van der Waals surface area contributed by atoms with Crippen molar-refractivity contribution in [1.82, 2.24) is 9.29 Å². The lowest BCUT2D eigenvalue weighted by atomic mass is 10.1. The van der Waals surface area contributed by atoms with Crippen LogP contribution in [-0.4, -0.2) is 43.9 Å². The molecule has 1 aliphatic heterocycles. The summed E-state index contributed by atoms with van der Waals surface area (Å²) in [6.07, 6.45) is 0.465. The molecule has 1 aromatic heterocycles. The molecule has 10 heteroatoms. The standard InChI is InChI=1S/C20H18ClF2N3O2S2/c21-15-9-14(10-17(23)12-15)11-18-13-29-20(24-18)25-5-7-26(8-6-25)30(27,28)19-3-1-16(22)2-4-19/h1-4,9-10,12-13H,5-8,11H2. The maximum Gasteiger partial charge on any atom is 0.243 e. The second-order valence-electron chi connectivity index (χ2n) is 6.92. The van der Waals surface area contributed by atoms with Gasteiger partial charge in [-0.1, -0.05) is 11.6 Å². The Kier molecular flexibility index (Phi) is 6.06. The van der Waals surface area contributed by atoms with Crippen molar-refractivity contribution in [2.45, 2.75) is 11.3 Å². The summed E-state index contributed by atoms with van der Waals surface area (Å²) >= 11 is 7.38. The highest BCUT2D eigenvalue weighted by Crippen LogP contribution is 2.26. The van der Waals surface area contributed by atoms with Crippen LogP contribution in [-0.2, 0) is 16.4 Å². The van der Waals surface area contributed by atoms with Crippen molar-refractivity contribution >= 4 is 38.1 Å². The lowest BCUT2D eigenvalue weighted by Gasteiger charge is -2.33. The van der Waals surface area contributed by atoms with Crippen molar-refractivity contribution in [2.75, 3.05) is 31.1 Å². The Hall–Kier alpha value is -2.07. The molecular formula is C20H18ClF2N3O2S2. The average molecular weight is 470 g/mol. The summed E-state index contributed by atoms with van der Waals surface area (Å²) in [4.78, 5) is 6.73. The number of benzene rings is 2. The van der Waals surface area contributed by atoms with E-state index in [1.807, 2.05) is 10.3 Å². The predicted molar refractivity (Wildman–Crippen MR) is 114 cm³/mol. The fourth-order valence-electron chi connectivity index (χ4n) is 3.32. The molecule has 0 aliphatic carbocycles. The minimum Gasteiger partial charge on any atom is -0.345 e. The molecule has 0 atom stereocenters. The van der Waals surface area contributed by atoms with E-state index in [-0.39, 0.29) is 10.7 Å². The number of halogens is 3. The van der Waals surface area contributed by atoms with Crippen LogP contribution in [0.5, 0.6) is 0 Å². The normalized spacial score (nSPS) is 15.5. The fraction of sp³-hybridized carbons (Fsp3) is 0.250. The number of hydrogen-bond donors (Lipinski definition) is 0. The zero-order valence-corrected chi connectivity index (χ0v) is 18.2. The highest BCUT2D eigenvalue weighted by molar-refractivity contribution is 7.89. The largest absolute Gasteiger partial charge is 0.345 e. The highest BCUT2D eigenvalue weighted by atomic mass is 35.5. The molecule has 0 radical (unpaired) electrons. The van der Waals surface area contributed by atoms with Crippen molar-refractivity contribution in [3.8, 4) is 0 Å². The van der Waals surface area contributed by atoms with Crippen LogP contribution >= 0.6 is 22.9 Å². The number of aromatic nitrogens is 1. The van der Waals surface area contributed by atoms with E-state index in [1.165, 1.54) is 39.9 Å². The molecule has 30 heavy (non-hydrogen) atoms. The molecule has 1 fully saturated rings. The van der Waals surface area contributed by atoms with Crippen molar-refractivity contribution in [2.24, 2.45) is 0 Å². The quantitative estimate of drug-likeness (QED) is 0.562. The van der Waals surface area contributed by atoms with Gasteiger partial charge in [0.1, 0.15) is 11.6 Å². The van der Waals surface area contributed by atoms with Gasteiger partial charge in [0.15, 0.2) is 5.13 Å². The van der Waals surface area contributed by atoms with Gasteiger partial charge < -0.3 is 4.90 Å². The molecule has 0 unspecified atom stereocenters. The monoisotopic (exact) mass is 469 g/mol. The maximum atomic E-state index is 13.5. The Balaban J connectivity index is 1.40. The van der Waals surface area contributed by atoms with Crippen LogP contribution in [0.1, 0.15) is 11.3 Å². The third kappa shape index (κ3) is 4.64. The van der Waals surface area contributed by atoms with E-state index in [4.69, 9.17) is 11.6 Å². The molecule has 4 rings (SSSR count). The first kappa shape index (κ1) is 21.2. The van der Waals surface area contributed by atoms with Crippen LogP contribution in [0.15, 0.2) is 52.7 Å². The molecule has 0 amide bonds. The third-order valence-electron chi connectivity index (χ3n) is 4.81. The van der Waals surface area contributed by atoms with Gasteiger partial charge in [-0.15, -0.1) is 11.3 Å². The molecule has 3 aromatic rings. The lowest BCUT2D eigenvalue weighted by molar-refractivity contribution is 0.384. The van der Waals surface area contributed by atoms with Crippen LogP contribution in [0.25, 0.3) is 0 Å². The summed E-state index contributed by atoms with van der Waals surface area (Å²) in [5.41, 5.74) is 1.55. The summed E-state index contributed by atoms with van der Waals surface area (Å²) in [6, 6.07) is 9.26. The van der Waals surface area contributed by atoms with Crippen LogP contribution in [0.4, 0.5) is 13.9 Å². The van der Waals surface area contributed by atoms with E-state index in [0.717, 1.165) is 28.5 Å². The Morgan fingerprint density at radius 3 is 2.37 bits per heavy atom. The van der Waals surface area contributed by atoms with Crippen molar-refractivity contribution < 1.29 is 17.2 Å². The van der Waals surface area contributed by atoms with Crippen molar-refractivity contribution in [1.29, 1.82) is 0 Å². The van der Waals surface area contributed by atoms with Crippen molar-refractivity contribution in [3.05, 3.63) is 75.8 Å². The number of hydrogen-bond acceptors (Lipinski definition) is 5. The topological polar surface area (TPSA) is 53.5 Å². The molecule has 0 bridgehead atoms. The van der Waals surface area contributed by atoms with E-state index >= 15 is 0 Å². The van der Waals surface area contributed by atoms with Crippen LogP contribution in [0.2, 0.25) is 5.02 Å². The van der Waals surface area contributed by atoms with Crippen molar-refractivity contribution in [3.63, 3.8) is 0 Å². The number of sulfonamides is 1. The number of anilines is 1. The highest BCUT2D eigenvalue weighted by Gasteiger charge is 2.29. The Morgan fingerprint density at radius 1 is 1.00 bits per heavy atom. The van der Waals surface area contributed by atoms with Crippen LogP contribution in [0.3, 0.4) is 0 Å². The number of piperazine rings is 1.